The lowest BCUT2D eigenvalue weighted by molar-refractivity contribution is -0.119. The van der Waals surface area contributed by atoms with Gasteiger partial charge in [0, 0.05) is 18.2 Å². The van der Waals surface area contributed by atoms with E-state index in [1.54, 1.807) is 6.92 Å². The summed E-state index contributed by atoms with van der Waals surface area (Å²) in [5.41, 5.74) is 2.13. The predicted molar refractivity (Wildman–Crippen MR) is 103 cm³/mol. The zero-order valence-corrected chi connectivity index (χ0v) is 16.6. The van der Waals surface area contributed by atoms with Gasteiger partial charge in [0.2, 0.25) is 5.91 Å². The second-order valence-electron chi connectivity index (χ2n) is 6.24. The van der Waals surface area contributed by atoms with E-state index >= 15 is 0 Å². The summed E-state index contributed by atoms with van der Waals surface area (Å²) < 4.78 is 1.98. The van der Waals surface area contributed by atoms with Crippen LogP contribution in [0.15, 0.2) is 29.4 Å². The highest BCUT2D eigenvalue weighted by Crippen LogP contribution is 2.28. The van der Waals surface area contributed by atoms with Crippen LogP contribution in [0.5, 0.6) is 0 Å². The van der Waals surface area contributed by atoms with Crippen LogP contribution in [0, 0.1) is 6.92 Å². The normalized spacial score (nSPS) is 12.1. The average molecular weight is 375 g/mol. The van der Waals surface area contributed by atoms with Crippen molar-refractivity contribution in [2.75, 3.05) is 0 Å². The number of nitrogens with one attached hydrogen (secondary N) is 2. The van der Waals surface area contributed by atoms with Crippen LogP contribution >= 0.6 is 11.8 Å². The Kier molecular flexibility index (Phi) is 6.79. The van der Waals surface area contributed by atoms with Crippen LogP contribution in [-0.2, 0) is 11.3 Å². The second kappa shape index (κ2) is 8.84. The third-order valence-electron chi connectivity index (χ3n) is 3.73. The van der Waals surface area contributed by atoms with Crippen LogP contribution in [-0.4, -0.2) is 38.0 Å². The van der Waals surface area contributed by atoms with Crippen molar-refractivity contribution >= 4 is 23.7 Å². The third kappa shape index (κ3) is 4.85. The summed E-state index contributed by atoms with van der Waals surface area (Å²) in [5, 5.41) is 13.7. The highest BCUT2D eigenvalue weighted by atomic mass is 32.2. The summed E-state index contributed by atoms with van der Waals surface area (Å²) in [7, 11) is 0. The Bertz CT molecular complexity index is 788. The van der Waals surface area contributed by atoms with Gasteiger partial charge in [0.05, 0.1) is 5.25 Å². The van der Waals surface area contributed by atoms with E-state index in [0.717, 1.165) is 17.0 Å². The van der Waals surface area contributed by atoms with Crippen molar-refractivity contribution in [1.29, 1.82) is 0 Å². The quantitative estimate of drug-likeness (QED) is 0.758. The Hall–Kier alpha value is -2.35. The van der Waals surface area contributed by atoms with E-state index in [0.29, 0.717) is 11.7 Å². The number of imide groups is 1. The molecule has 0 aliphatic heterocycles. The molecule has 8 heteroatoms. The van der Waals surface area contributed by atoms with Crippen LogP contribution in [0.4, 0.5) is 4.79 Å². The molecular weight excluding hydrogens is 350 g/mol. The lowest BCUT2D eigenvalue weighted by atomic mass is 10.1. The van der Waals surface area contributed by atoms with Crippen molar-refractivity contribution in [2.24, 2.45) is 0 Å². The highest BCUT2D eigenvalue weighted by molar-refractivity contribution is 8.00. The number of rotatable bonds is 6. The Morgan fingerprint density at radius 2 is 1.88 bits per heavy atom. The zero-order chi connectivity index (χ0) is 19.3. The molecular formula is C18H25N5O2S. The van der Waals surface area contributed by atoms with Gasteiger partial charge in [0.15, 0.2) is 11.0 Å². The van der Waals surface area contributed by atoms with Gasteiger partial charge in [-0.25, -0.2) is 4.79 Å². The molecule has 2 rings (SSSR count). The van der Waals surface area contributed by atoms with Gasteiger partial charge in [-0.15, -0.1) is 10.2 Å². The number of hydrogen-bond donors (Lipinski definition) is 2. The van der Waals surface area contributed by atoms with Gasteiger partial charge >= 0.3 is 6.03 Å². The van der Waals surface area contributed by atoms with Gasteiger partial charge in [0.25, 0.3) is 0 Å². The molecule has 0 spiro atoms. The lowest BCUT2D eigenvalue weighted by Gasteiger charge is -2.14. The van der Waals surface area contributed by atoms with Gasteiger partial charge < -0.3 is 9.88 Å². The molecule has 2 N–H and O–H groups in total. The van der Waals surface area contributed by atoms with Crippen LogP contribution in [0.3, 0.4) is 0 Å². The molecule has 7 nitrogen and oxygen atoms in total. The molecule has 0 aliphatic rings. The summed E-state index contributed by atoms with van der Waals surface area (Å²) in [6.07, 6.45) is 0. The van der Waals surface area contributed by atoms with Crippen LogP contribution < -0.4 is 10.6 Å². The van der Waals surface area contributed by atoms with E-state index in [4.69, 9.17) is 0 Å². The number of aromatic nitrogens is 3. The second-order valence-corrected chi connectivity index (χ2v) is 7.55. The van der Waals surface area contributed by atoms with Crippen LogP contribution in [0.2, 0.25) is 0 Å². The number of amides is 3. The maximum atomic E-state index is 12.2. The fourth-order valence-corrected chi connectivity index (χ4v) is 3.32. The van der Waals surface area contributed by atoms with Crippen molar-refractivity contribution in [3.63, 3.8) is 0 Å². The van der Waals surface area contributed by atoms with E-state index in [9.17, 15) is 9.59 Å². The summed E-state index contributed by atoms with van der Waals surface area (Å²) in [6.45, 7) is 10.1. The largest absolute Gasteiger partial charge is 0.336 e. The number of hydrogen-bond acceptors (Lipinski definition) is 5. The molecule has 3 amide bonds. The van der Waals surface area contributed by atoms with Gasteiger partial charge in [-0.3, -0.25) is 10.1 Å². The summed E-state index contributed by atoms with van der Waals surface area (Å²) in [5.74, 6) is 0.412. The molecule has 2 aromatic rings. The molecule has 1 aromatic heterocycles. The van der Waals surface area contributed by atoms with Crippen molar-refractivity contribution < 1.29 is 9.59 Å². The highest BCUT2D eigenvalue weighted by Gasteiger charge is 2.22. The number of nitrogens with zero attached hydrogens (tertiary/aromatic N) is 3. The van der Waals surface area contributed by atoms with Crippen LogP contribution in [0.1, 0.15) is 33.3 Å². The number of carbonyl (C=O) groups is 2. The smallest absolute Gasteiger partial charge is 0.321 e. The Morgan fingerprint density at radius 1 is 1.19 bits per heavy atom. The molecule has 140 valence electrons. The van der Waals surface area contributed by atoms with E-state index in [1.807, 2.05) is 56.5 Å². The predicted octanol–water partition coefficient (Wildman–Crippen LogP) is 2.99. The minimum absolute atomic E-state index is 0.0365. The summed E-state index contributed by atoms with van der Waals surface area (Å²) in [6, 6.07) is 7.45. The topological polar surface area (TPSA) is 88.9 Å². The van der Waals surface area contributed by atoms with E-state index in [-0.39, 0.29) is 11.9 Å². The first kappa shape index (κ1) is 20.0. The molecule has 0 unspecified atom stereocenters. The summed E-state index contributed by atoms with van der Waals surface area (Å²) in [4.78, 5) is 23.9. The number of thioether (sulfide) groups is 1. The molecule has 26 heavy (non-hydrogen) atoms. The van der Waals surface area contributed by atoms with Crippen molar-refractivity contribution in [3.8, 4) is 11.4 Å². The van der Waals surface area contributed by atoms with E-state index < -0.39 is 11.3 Å². The third-order valence-corrected chi connectivity index (χ3v) is 4.81. The van der Waals surface area contributed by atoms with Gasteiger partial charge in [-0.2, -0.15) is 0 Å². The summed E-state index contributed by atoms with van der Waals surface area (Å²) >= 11 is 1.28. The molecule has 0 aliphatic carbocycles. The molecule has 1 aromatic carbocycles. The molecule has 1 atom stereocenters. The van der Waals surface area contributed by atoms with Gasteiger partial charge in [-0.05, 0) is 40.2 Å². The molecule has 1 heterocycles. The molecule has 0 bridgehead atoms. The minimum atomic E-state index is -0.491. The van der Waals surface area contributed by atoms with Crippen molar-refractivity contribution in [1.82, 2.24) is 25.4 Å². The number of carbonyl (C=O) groups excluding carboxylic acids is 2. The lowest BCUT2D eigenvalue weighted by Crippen LogP contribution is -2.45. The standard InChI is InChI=1S/C18H25N5O2S/c1-6-23-15(14-10-8-7-9-12(14)4)21-22-18(23)26-13(5)16(24)20-17(25)19-11(2)3/h7-11,13H,6H2,1-5H3,(H2,19,20,24,25)/t13-/m0/s1. The Labute approximate surface area is 158 Å². The maximum absolute atomic E-state index is 12.2. The van der Waals surface area contributed by atoms with E-state index in [1.165, 1.54) is 11.8 Å². The maximum Gasteiger partial charge on any atom is 0.321 e. The minimum Gasteiger partial charge on any atom is -0.336 e. The fraction of sp³-hybridized carbons (Fsp3) is 0.444. The van der Waals surface area contributed by atoms with E-state index in [2.05, 4.69) is 20.8 Å². The molecule has 0 saturated carbocycles. The molecule has 0 saturated heterocycles. The van der Waals surface area contributed by atoms with Crippen molar-refractivity contribution in [3.05, 3.63) is 29.8 Å². The first-order valence-corrected chi connectivity index (χ1v) is 9.48. The number of benzene rings is 1. The van der Waals surface area contributed by atoms with Crippen LogP contribution in [0.25, 0.3) is 11.4 Å². The zero-order valence-electron chi connectivity index (χ0n) is 15.7. The molecule has 0 fully saturated rings. The first-order chi connectivity index (χ1) is 12.3. The molecule has 0 radical (unpaired) electrons. The van der Waals surface area contributed by atoms with Gasteiger partial charge in [-0.1, -0.05) is 36.0 Å². The number of urea groups is 1. The average Bonchev–Trinajstić information content (AvgIpc) is 2.96. The van der Waals surface area contributed by atoms with Gasteiger partial charge in [0.1, 0.15) is 0 Å². The SMILES string of the molecule is CCn1c(S[C@@H](C)C(=O)NC(=O)NC(C)C)nnc1-c1ccccc1C. The fourth-order valence-electron chi connectivity index (χ4n) is 2.41. The first-order valence-electron chi connectivity index (χ1n) is 8.60. The van der Waals surface area contributed by atoms with Crippen molar-refractivity contribution in [2.45, 2.75) is 57.6 Å². The number of aryl methyl sites for hydroxylation is 1. The monoisotopic (exact) mass is 375 g/mol. The Morgan fingerprint density at radius 3 is 2.50 bits per heavy atom. The Balaban J connectivity index is 2.14.